The Balaban J connectivity index is 1.57. The van der Waals surface area contributed by atoms with Crippen LogP contribution in [-0.4, -0.2) is 44.6 Å². The number of aliphatic hydroxyl groups excluding tert-OH is 1. The summed E-state index contributed by atoms with van der Waals surface area (Å²) < 4.78 is 2.34. The van der Waals surface area contributed by atoms with Crippen molar-refractivity contribution in [2.75, 3.05) is 13.7 Å². The monoisotopic (exact) mass is 478 g/mol. The van der Waals surface area contributed by atoms with Crippen molar-refractivity contribution in [2.45, 2.75) is 38.0 Å². The highest BCUT2D eigenvalue weighted by atomic mass is 16.7. The minimum atomic E-state index is -0.448. The van der Waals surface area contributed by atoms with Gasteiger partial charge in [-0.1, -0.05) is 30.3 Å². The predicted octanol–water partition coefficient (Wildman–Crippen LogP) is 5.14. The molecule has 180 valence electrons. The molecule has 7 nitrogen and oxygen atoms in total. The van der Waals surface area contributed by atoms with Crippen molar-refractivity contribution in [1.82, 2.24) is 14.6 Å². The number of fused-ring (bicyclic) bond motifs is 10. The number of H-pyrrole nitrogens is 1. The van der Waals surface area contributed by atoms with Crippen LogP contribution in [0.3, 0.4) is 0 Å². The Morgan fingerprint density at radius 1 is 1.17 bits per heavy atom. The van der Waals surface area contributed by atoms with Crippen molar-refractivity contribution >= 4 is 32.6 Å². The lowest BCUT2D eigenvalue weighted by Gasteiger charge is -2.17. The number of benzene rings is 3. The SMILES string of the molecule is CN1OC(C#N)CC1c1ccc2c(c1)c1c3c[nH]c(O)c3c3c(c1n2CCCO)Cc1ccccc1-3. The highest BCUT2D eigenvalue weighted by Crippen LogP contribution is 2.51. The Bertz CT molecular complexity index is 1720. The molecule has 0 amide bonds. The fourth-order valence-corrected chi connectivity index (χ4v) is 6.43. The predicted molar refractivity (Wildman–Crippen MR) is 139 cm³/mol. The first kappa shape index (κ1) is 21.5. The number of aromatic hydroxyl groups is 1. The normalized spacial score (nSPS) is 19.4. The molecule has 1 aliphatic heterocycles. The minimum absolute atomic E-state index is 0.0105. The molecule has 2 unspecified atom stereocenters. The van der Waals surface area contributed by atoms with E-state index in [1.807, 2.05) is 13.2 Å². The molecule has 0 bridgehead atoms. The second kappa shape index (κ2) is 7.84. The van der Waals surface area contributed by atoms with E-state index >= 15 is 0 Å². The van der Waals surface area contributed by atoms with Crippen LogP contribution in [0.2, 0.25) is 0 Å². The molecule has 7 rings (SSSR count). The third-order valence-corrected chi connectivity index (χ3v) is 7.95. The highest BCUT2D eigenvalue weighted by Gasteiger charge is 2.33. The quantitative estimate of drug-likeness (QED) is 0.326. The maximum absolute atomic E-state index is 10.9. The number of rotatable bonds is 4. The zero-order valence-electron chi connectivity index (χ0n) is 20.0. The molecule has 1 saturated heterocycles. The van der Waals surface area contributed by atoms with Gasteiger partial charge < -0.3 is 19.8 Å². The van der Waals surface area contributed by atoms with Gasteiger partial charge in [0.25, 0.3) is 0 Å². The van der Waals surface area contributed by atoms with Gasteiger partial charge in [-0.15, -0.1) is 0 Å². The molecule has 3 N–H and O–H groups in total. The van der Waals surface area contributed by atoms with E-state index in [9.17, 15) is 15.5 Å². The van der Waals surface area contributed by atoms with Crippen LogP contribution in [0.25, 0.3) is 43.7 Å². The Labute approximate surface area is 207 Å². The summed E-state index contributed by atoms with van der Waals surface area (Å²) in [7, 11) is 1.88. The molecule has 3 heterocycles. The van der Waals surface area contributed by atoms with Crippen LogP contribution in [0.15, 0.2) is 48.7 Å². The summed E-state index contributed by atoms with van der Waals surface area (Å²) in [6.45, 7) is 0.818. The topological polar surface area (TPSA) is 97.4 Å². The van der Waals surface area contributed by atoms with E-state index in [0.29, 0.717) is 19.4 Å². The number of hydrogen-bond acceptors (Lipinski definition) is 5. The van der Waals surface area contributed by atoms with Gasteiger partial charge in [0, 0.05) is 66.5 Å². The number of hydrogen-bond donors (Lipinski definition) is 3. The minimum Gasteiger partial charge on any atom is -0.494 e. The van der Waals surface area contributed by atoms with Gasteiger partial charge in [-0.05, 0) is 40.8 Å². The van der Waals surface area contributed by atoms with Gasteiger partial charge in [0.2, 0.25) is 0 Å². The van der Waals surface area contributed by atoms with E-state index < -0.39 is 6.10 Å². The third kappa shape index (κ3) is 2.83. The third-order valence-electron chi connectivity index (χ3n) is 7.95. The van der Waals surface area contributed by atoms with Crippen molar-refractivity contribution in [3.8, 4) is 23.1 Å². The molecule has 5 aromatic rings. The molecule has 1 aliphatic carbocycles. The number of nitrogens with zero attached hydrogens (tertiary/aromatic N) is 3. The molecule has 7 heteroatoms. The summed E-state index contributed by atoms with van der Waals surface area (Å²) in [6, 6.07) is 17.1. The molecular weight excluding hydrogens is 452 g/mol. The molecule has 2 aliphatic rings. The van der Waals surface area contributed by atoms with Gasteiger partial charge in [0.05, 0.1) is 23.0 Å². The van der Waals surface area contributed by atoms with Gasteiger partial charge in [-0.25, -0.2) is 0 Å². The molecule has 0 saturated carbocycles. The molecule has 36 heavy (non-hydrogen) atoms. The second-order valence-corrected chi connectivity index (χ2v) is 9.86. The molecule has 0 radical (unpaired) electrons. The first-order chi connectivity index (χ1) is 17.6. The zero-order chi connectivity index (χ0) is 24.6. The fourth-order valence-electron chi connectivity index (χ4n) is 6.43. The fraction of sp³-hybridized carbons (Fsp3) is 0.276. The Morgan fingerprint density at radius 2 is 2.03 bits per heavy atom. The zero-order valence-corrected chi connectivity index (χ0v) is 20.0. The van der Waals surface area contributed by atoms with Gasteiger partial charge in [-0.2, -0.15) is 10.3 Å². The number of aromatic nitrogens is 2. The molecule has 3 aromatic carbocycles. The van der Waals surface area contributed by atoms with Crippen molar-refractivity contribution in [2.24, 2.45) is 0 Å². The van der Waals surface area contributed by atoms with Crippen molar-refractivity contribution in [1.29, 1.82) is 5.26 Å². The Morgan fingerprint density at radius 3 is 2.83 bits per heavy atom. The first-order valence-corrected chi connectivity index (χ1v) is 12.4. The Hall–Kier alpha value is -3.83. The van der Waals surface area contributed by atoms with Crippen LogP contribution in [0.5, 0.6) is 5.88 Å². The molecule has 2 atom stereocenters. The van der Waals surface area contributed by atoms with Crippen LogP contribution < -0.4 is 0 Å². The largest absolute Gasteiger partial charge is 0.494 e. The maximum atomic E-state index is 10.9. The van der Waals surface area contributed by atoms with Crippen LogP contribution in [0.1, 0.15) is 35.6 Å². The van der Waals surface area contributed by atoms with Gasteiger partial charge in [0.1, 0.15) is 0 Å². The number of nitriles is 1. The van der Waals surface area contributed by atoms with Crippen LogP contribution in [-0.2, 0) is 17.8 Å². The Kier molecular flexibility index (Phi) is 4.67. The lowest BCUT2D eigenvalue weighted by molar-refractivity contribution is -0.129. The maximum Gasteiger partial charge on any atom is 0.197 e. The smallest absolute Gasteiger partial charge is 0.197 e. The van der Waals surface area contributed by atoms with E-state index in [-0.39, 0.29) is 18.5 Å². The van der Waals surface area contributed by atoms with Gasteiger partial charge in [0.15, 0.2) is 12.0 Å². The summed E-state index contributed by atoms with van der Waals surface area (Å²) >= 11 is 0. The second-order valence-electron chi connectivity index (χ2n) is 9.86. The molecule has 1 fully saturated rings. The van der Waals surface area contributed by atoms with Crippen LogP contribution in [0.4, 0.5) is 0 Å². The average Bonchev–Trinajstić information content (AvgIpc) is 3.64. The molecular formula is C29H26N4O3. The van der Waals surface area contributed by atoms with Gasteiger partial charge in [-0.3, -0.25) is 4.84 Å². The number of nitrogens with one attached hydrogen (secondary N) is 1. The first-order valence-electron chi connectivity index (χ1n) is 12.4. The molecule has 0 spiro atoms. The highest BCUT2D eigenvalue weighted by molar-refractivity contribution is 6.27. The van der Waals surface area contributed by atoms with E-state index in [1.54, 1.807) is 5.06 Å². The summed E-state index contributed by atoms with van der Waals surface area (Å²) in [5.41, 5.74) is 8.11. The summed E-state index contributed by atoms with van der Waals surface area (Å²) in [4.78, 5) is 8.79. The summed E-state index contributed by atoms with van der Waals surface area (Å²) in [5.74, 6) is 0.188. The van der Waals surface area contributed by atoms with Gasteiger partial charge >= 0.3 is 0 Å². The van der Waals surface area contributed by atoms with E-state index in [4.69, 9.17) is 4.84 Å². The van der Waals surface area contributed by atoms with Crippen molar-refractivity contribution in [3.63, 3.8) is 0 Å². The number of aryl methyl sites for hydroxylation is 1. The summed E-state index contributed by atoms with van der Waals surface area (Å²) in [6.07, 6.45) is 3.53. The van der Waals surface area contributed by atoms with Crippen LogP contribution >= 0.6 is 0 Å². The van der Waals surface area contributed by atoms with E-state index in [1.165, 1.54) is 22.2 Å². The standard InChI is InChI=1S/C29H26N4O3/c1-32-24(13-18(14-30)36-32)17-7-8-23-20(12-17)26-22-15-31-29(35)27(22)25-19-6-3-2-5-16(19)11-21(25)28(26)33(23)9-4-10-34/h2-3,5-8,12,15,18,24,31,34-35H,4,9-11,13H2,1H3. The number of aromatic amines is 1. The van der Waals surface area contributed by atoms with E-state index in [0.717, 1.165) is 44.6 Å². The number of aliphatic hydroxyl groups is 1. The lowest BCUT2D eigenvalue weighted by atomic mass is 9.95. The summed E-state index contributed by atoms with van der Waals surface area (Å²) in [5, 5.41) is 35.9. The number of hydroxylamine groups is 2. The lowest BCUT2D eigenvalue weighted by Crippen LogP contribution is -2.16. The van der Waals surface area contributed by atoms with E-state index in [2.05, 4.69) is 58.1 Å². The van der Waals surface area contributed by atoms with Crippen LogP contribution in [0, 0.1) is 11.3 Å². The van der Waals surface area contributed by atoms with Crippen molar-refractivity contribution < 1.29 is 15.1 Å². The molecule has 2 aromatic heterocycles. The van der Waals surface area contributed by atoms with Crippen molar-refractivity contribution in [3.05, 3.63) is 65.4 Å². The average molecular weight is 479 g/mol.